The first-order valence-electron chi connectivity index (χ1n) is 6.47. The Labute approximate surface area is 126 Å². The SMILES string of the molecule is CN(Cc1ccc(Br)cc1)C(=O)C1(/C(N)=N/O)CCC1. The highest BCUT2D eigenvalue weighted by Crippen LogP contribution is 2.42. The first-order chi connectivity index (χ1) is 9.49. The van der Waals surface area contributed by atoms with Crippen LogP contribution >= 0.6 is 15.9 Å². The van der Waals surface area contributed by atoms with Gasteiger partial charge in [-0.05, 0) is 30.5 Å². The third-order valence-corrected chi connectivity index (χ3v) is 4.42. The molecule has 20 heavy (non-hydrogen) atoms. The molecule has 1 aromatic rings. The van der Waals surface area contributed by atoms with Crippen molar-refractivity contribution in [2.75, 3.05) is 7.05 Å². The van der Waals surface area contributed by atoms with Gasteiger partial charge in [0.15, 0.2) is 5.84 Å². The Balaban J connectivity index is 2.10. The number of nitrogens with zero attached hydrogens (tertiary/aromatic N) is 2. The molecule has 0 radical (unpaired) electrons. The van der Waals surface area contributed by atoms with Gasteiger partial charge >= 0.3 is 0 Å². The zero-order chi connectivity index (χ0) is 14.8. The average Bonchev–Trinajstić information content (AvgIpc) is 2.39. The molecule has 1 aliphatic carbocycles. The average molecular weight is 340 g/mol. The van der Waals surface area contributed by atoms with Crippen LogP contribution in [0.25, 0.3) is 0 Å². The molecule has 2 rings (SSSR count). The van der Waals surface area contributed by atoms with Gasteiger partial charge in [-0.15, -0.1) is 0 Å². The molecule has 0 saturated heterocycles. The van der Waals surface area contributed by atoms with Crippen LogP contribution in [0.15, 0.2) is 33.9 Å². The van der Waals surface area contributed by atoms with Crippen LogP contribution in [-0.4, -0.2) is 28.9 Å². The maximum Gasteiger partial charge on any atom is 0.236 e. The van der Waals surface area contributed by atoms with Crippen molar-refractivity contribution >= 4 is 27.7 Å². The molecule has 0 aromatic heterocycles. The standard InChI is InChI=1S/C14H18BrN3O2/c1-18(9-10-3-5-11(15)6-4-10)13(19)14(7-2-8-14)12(16)17-20/h3-6,20H,2,7-9H2,1H3,(H2,16,17). The Bertz CT molecular complexity index is 524. The molecule has 0 atom stereocenters. The lowest BCUT2D eigenvalue weighted by molar-refractivity contribution is -0.141. The van der Waals surface area contributed by atoms with Crippen molar-refractivity contribution < 1.29 is 10.0 Å². The number of hydrogen-bond acceptors (Lipinski definition) is 3. The smallest absolute Gasteiger partial charge is 0.236 e. The molecular formula is C14H18BrN3O2. The van der Waals surface area contributed by atoms with Crippen molar-refractivity contribution in [2.45, 2.75) is 25.8 Å². The van der Waals surface area contributed by atoms with E-state index in [1.54, 1.807) is 11.9 Å². The van der Waals surface area contributed by atoms with Gasteiger partial charge in [0, 0.05) is 18.1 Å². The third kappa shape index (κ3) is 2.65. The second-order valence-electron chi connectivity index (χ2n) is 5.21. The Morgan fingerprint density at radius 3 is 2.50 bits per heavy atom. The fraction of sp³-hybridized carbons (Fsp3) is 0.429. The lowest BCUT2D eigenvalue weighted by Gasteiger charge is -2.41. The molecule has 0 bridgehead atoms. The lowest BCUT2D eigenvalue weighted by atomic mass is 9.67. The van der Waals surface area contributed by atoms with Crippen LogP contribution in [-0.2, 0) is 11.3 Å². The van der Waals surface area contributed by atoms with E-state index in [0.717, 1.165) is 16.5 Å². The molecule has 5 nitrogen and oxygen atoms in total. The minimum Gasteiger partial charge on any atom is -0.409 e. The summed E-state index contributed by atoms with van der Waals surface area (Å²) in [6, 6.07) is 7.81. The normalized spacial score (nSPS) is 17.4. The van der Waals surface area contributed by atoms with Gasteiger partial charge < -0.3 is 15.8 Å². The summed E-state index contributed by atoms with van der Waals surface area (Å²) in [7, 11) is 1.75. The summed E-state index contributed by atoms with van der Waals surface area (Å²) in [6.07, 6.45) is 2.22. The van der Waals surface area contributed by atoms with E-state index in [1.807, 2.05) is 24.3 Å². The van der Waals surface area contributed by atoms with Crippen molar-refractivity contribution in [3.8, 4) is 0 Å². The van der Waals surface area contributed by atoms with Crippen LogP contribution < -0.4 is 5.73 Å². The van der Waals surface area contributed by atoms with Crippen LogP contribution in [0, 0.1) is 5.41 Å². The highest BCUT2D eigenvalue weighted by Gasteiger charge is 2.49. The number of benzene rings is 1. The topological polar surface area (TPSA) is 78.9 Å². The fourth-order valence-electron chi connectivity index (χ4n) is 2.51. The molecule has 0 aliphatic heterocycles. The van der Waals surface area contributed by atoms with Crippen LogP contribution in [0.1, 0.15) is 24.8 Å². The number of carbonyl (C=O) groups is 1. The summed E-state index contributed by atoms with van der Waals surface area (Å²) in [5.41, 5.74) is 5.94. The van der Waals surface area contributed by atoms with E-state index in [-0.39, 0.29) is 11.7 Å². The summed E-state index contributed by atoms with van der Waals surface area (Å²) in [5, 5.41) is 11.9. The zero-order valence-corrected chi connectivity index (χ0v) is 12.9. The number of amides is 1. The maximum absolute atomic E-state index is 12.6. The monoisotopic (exact) mass is 339 g/mol. The Morgan fingerprint density at radius 2 is 2.05 bits per heavy atom. The predicted molar refractivity (Wildman–Crippen MR) is 80.3 cm³/mol. The van der Waals surface area contributed by atoms with Crippen molar-refractivity contribution in [3.63, 3.8) is 0 Å². The summed E-state index contributed by atoms with van der Waals surface area (Å²) >= 11 is 3.38. The van der Waals surface area contributed by atoms with Gasteiger partial charge in [0.2, 0.25) is 5.91 Å². The number of halogens is 1. The first kappa shape index (κ1) is 14.8. The molecule has 0 spiro atoms. The number of amidine groups is 1. The molecule has 3 N–H and O–H groups in total. The van der Waals surface area contributed by atoms with Gasteiger partial charge in [0.1, 0.15) is 5.41 Å². The van der Waals surface area contributed by atoms with Crippen LogP contribution in [0.2, 0.25) is 0 Å². The van der Waals surface area contributed by atoms with Crippen molar-refractivity contribution in [1.82, 2.24) is 4.90 Å². The first-order valence-corrected chi connectivity index (χ1v) is 7.27. The molecule has 0 unspecified atom stereocenters. The van der Waals surface area contributed by atoms with Gasteiger partial charge in [-0.25, -0.2) is 0 Å². The van der Waals surface area contributed by atoms with E-state index in [1.165, 1.54) is 0 Å². The number of carbonyl (C=O) groups excluding carboxylic acids is 1. The van der Waals surface area contributed by atoms with E-state index in [0.29, 0.717) is 19.4 Å². The maximum atomic E-state index is 12.6. The fourth-order valence-corrected chi connectivity index (χ4v) is 2.77. The molecule has 108 valence electrons. The van der Waals surface area contributed by atoms with Gasteiger partial charge in [-0.2, -0.15) is 0 Å². The molecule has 1 aliphatic rings. The molecule has 1 fully saturated rings. The van der Waals surface area contributed by atoms with E-state index < -0.39 is 5.41 Å². The number of rotatable bonds is 4. The third-order valence-electron chi connectivity index (χ3n) is 3.89. The zero-order valence-electron chi connectivity index (χ0n) is 11.3. The van der Waals surface area contributed by atoms with Gasteiger partial charge in [-0.1, -0.05) is 39.6 Å². The second kappa shape index (κ2) is 5.83. The number of nitrogens with two attached hydrogens (primary N) is 1. The van der Waals surface area contributed by atoms with Crippen molar-refractivity contribution in [1.29, 1.82) is 0 Å². The lowest BCUT2D eigenvalue weighted by Crippen LogP contribution is -2.54. The van der Waals surface area contributed by atoms with E-state index >= 15 is 0 Å². The summed E-state index contributed by atoms with van der Waals surface area (Å²) in [5.74, 6) is -0.0571. The van der Waals surface area contributed by atoms with E-state index in [2.05, 4.69) is 21.1 Å². The largest absolute Gasteiger partial charge is 0.409 e. The Hall–Kier alpha value is -1.56. The summed E-state index contributed by atoms with van der Waals surface area (Å²) in [6.45, 7) is 0.507. The minimum atomic E-state index is -0.807. The molecule has 0 heterocycles. The number of oxime groups is 1. The molecule has 1 saturated carbocycles. The Morgan fingerprint density at radius 1 is 1.45 bits per heavy atom. The quantitative estimate of drug-likeness (QED) is 0.382. The van der Waals surface area contributed by atoms with Gasteiger partial charge in [-0.3, -0.25) is 4.79 Å². The van der Waals surface area contributed by atoms with E-state index in [4.69, 9.17) is 10.9 Å². The predicted octanol–water partition coefficient (Wildman–Crippen LogP) is 2.32. The Kier molecular flexibility index (Phi) is 4.32. The summed E-state index contributed by atoms with van der Waals surface area (Å²) in [4.78, 5) is 14.2. The van der Waals surface area contributed by atoms with Gasteiger partial charge in [0.05, 0.1) is 0 Å². The number of hydrogen-bond donors (Lipinski definition) is 2. The second-order valence-corrected chi connectivity index (χ2v) is 6.12. The molecule has 1 aromatic carbocycles. The molecular weight excluding hydrogens is 322 g/mol. The van der Waals surface area contributed by atoms with Crippen LogP contribution in [0.5, 0.6) is 0 Å². The molecule has 6 heteroatoms. The van der Waals surface area contributed by atoms with Gasteiger partial charge in [0.25, 0.3) is 0 Å². The van der Waals surface area contributed by atoms with Crippen LogP contribution in [0.4, 0.5) is 0 Å². The highest BCUT2D eigenvalue weighted by atomic mass is 79.9. The van der Waals surface area contributed by atoms with Crippen molar-refractivity contribution in [2.24, 2.45) is 16.3 Å². The molecule has 1 amide bonds. The highest BCUT2D eigenvalue weighted by molar-refractivity contribution is 9.10. The van der Waals surface area contributed by atoms with Crippen LogP contribution in [0.3, 0.4) is 0 Å². The summed E-state index contributed by atoms with van der Waals surface area (Å²) < 4.78 is 1.00. The van der Waals surface area contributed by atoms with E-state index in [9.17, 15) is 4.79 Å². The van der Waals surface area contributed by atoms with Crippen molar-refractivity contribution in [3.05, 3.63) is 34.3 Å². The minimum absolute atomic E-state index is 0.0245.